The summed E-state index contributed by atoms with van der Waals surface area (Å²) >= 11 is 5.85. The number of hydrogen-bond donors (Lipinski definition) is 2. The number of benzene rings is 1. The first-order valence-electron chi connectivity index (χ1n) is 7.27. The number of halogens is 1. The van der Waals surface area contributed by atoms with Gasteiger partial charge in [0.1, 0.15) is 0 Å². The van der Waals surface area contributed by atoms with Crippen LogP contribution in [0, 0.1) is 0 Å². The molecule has 2 aromatic rings. The van der Waals surface area contributed by atoms with Gasteiger partial charge in [-0.05, 0) is 30.5 Å². The highest BCUT2D eigenvalue weighted by molar-refractivity contribution is 6.30. The Morgan fingerprint density at radius 1 is 1.14 bits per heavy atom. The first-order valence-corrected chi connectivity index (χ1v) is 7.65. The summed E-state index contributed by atoms with van der Waals surface area (Å²) in [7, 11) is 0. The second-order valence-electron chi connectivity index (χ2n) is 4.85. The van der Waals surface area contributed by atoms with E-state index in [1.54, 1.807) is 0 Å². The number of rotatable bonds is 7. The Balaban J connectivity index is 1.81. The zero-order chi connectivity index (χ0) is 15.8. The molecule has 2 rings (SSSR count). The maximum atomic E-state index is 11.7. The lowest BCUT2D eigenvalue weighted by Gasteiger charge is -2.06. The first-order chi connectivity index (χ1) is 10.7. The second kappa shape index (κ2) is 8.34. The standard InChI is InChI=1S/C16H19ClN4O/c1-2-8-18-15(22)13-10-20-16(21-11-13)19-9-7-12-3-5-14(17)6-4-12/h3-6,10-11H,2,7-9H2,1H3,(H,18,22)(H,19,20,21). The molecule has 0 saturated carbocycles. The van der Waals surface area contributed by atoms with E-state index in [-0.39, 0.29) is 5.91 Å². The molecule has 1 amide bonds. The molecule has 0 aliphatic rings. The lowest BCUT2D eigenvalue weighted by Crippen LogP contribution is -2.24. The molecule has 1 aromatic heterocycles. The molecule has 0 saturated heterocycles. The number of nitrogens with one attached hydrogen (secondary N) is 2. The number of hydrogen-bond acceptors (Lipinski definition) is 4. The molecule has 22 heavy (non-hydrogen) atoms. The average Bonchev–Trinajstić information content (AvgIpc) is 2.55. The van der Waals surface area contributed by atoms with E-state index in [1.165, 1.54) is 18.0 Å². The van der Waals surface area contributed by atoms with Crippen LogP contribution in [0.4, 0.5) is 5.95 Å². The minimum atomic E-state index is -0.144. The summed E-state index contributed by atoms with van der Waals surface area (Å²) in [6.45, 7) is 3.37. The molecule has 6 heteroatoms. The van der Waals surface area contributed by atoms with E-state index in [0.29, 0.717) is 24.6 Å². The third kappa shape index (κ3) is 5.00. The molecule has 0 spiro atoms. The van der Waals surface area contributed by atoms with Gasteiger partial charge in [-0.1, -0.05) is 30.7 Å². The molecule has 1 aromatic carbocycles. The van der Waals surface area contributed by atoms with Crippen molar-refractivity contribution in [2.24, 2.45) is 0 Å². The summed E-state index contributed by atoms with van der Waals surface area (Å²) in [4.78, 5) is 20.0. The Morgan fingerprint density at radius 2 is 1.82 bits per heavy atom. The number of aromatic nitrogens is 2. The van der Waals surface area contributed by atoms with Crippen molar-refractivity contribution in [3.05, 3.63) is 52.8 Å². The van der Waals surface area contributed by atoms with Crippen molar-refractivity contribution < 1.29 is 4.79 Å². The largest absolute Gasteiger partial charge is 0.354 e. The van der Waals surface area contributed by atoms with E-state index < -0.39 is 0 Å². The molecule has 0 fully saturated rings. The Labute approximate surface area is 135 Å². The third-order valence-electron chi connectivity index (χ3n) is 3.06. The molecule has 0 unspecified atom stereocenters. The molecule has 5 nitrogen and oxygen atoms in total. The van der Waals surface area contributed by atoms with Crippen LogP contribution in [-0.2, 0) is 6.42 Å². The van der Waals surface area contributed by atoms with Gasteiger partial charge in [-0.3, -0.25) is 4.79 Å². The van der Waals surface area contributed by atoms with Gasteiger partial charge in [-0.2, -0.15) is 0 Å². The van der Waals surface area contributed by atoms with Crippen molar-refractivity contribution in [1.29, 1.82) is 0 Å². The van der Waals surface area contributed by atoms with E-state index in [4.69, 9.17) is 11.6 Å². The predicted octanol–water partition coefficient (Wildman–Crippen LogP) is 2.92. The molecule has 116 valence electrons. The van der Waals surface area contributed by atoms with Crippen molar-refractivity contribution in [3.8, 4) is 0 Å². The quantitative estimate of drug-likeness (QED) is 0.823. The third-order valence-corrected chi connectivity index (χ3v) is 3.31. The van der Waals surface area contributed by atoms with Crippen molar-refractivity contribution in [1.82, 2.24) is 15.3 Å². The molecule has 0 radical (unpaired) electrons. The predicted molar refractivity (Wildman–Crippen MR) is 88.3 cm³/mol. The van der Waals surface area contributed by atoms with Crippen LogP contribution >= 0.6 is 11.6 Å². The van der Waals surface area contributed by atoms with E-state index in [0.717, 1.165) is 17.9 Å². The maximum absolute atomic E-state index is 11.7. The monoisotopic (exact) mass is 318 g/mol. The van der Waals surface area contributed by atoms with E-state index in [9.17, 15) is 4.79 Å². The number of carbonyl (C=O) groups is 1. The lowest BCUT2D eigenvalue weighted by molar-refractivity contribution is 0.0953. The highest BCUT2D eigenvalue weighted by atomic mass is 35.5. The normalized spacial score (nSPS) is 10.3. The van der Waals surface area contributed by atoms with Gasteiger partial charge in [-0.15, -0.1) is 0 Å². The van der Waals surface area contributed by atoms with Crippen molar-refractivity contribution in [3.63, 3.8) is 0 Å². The van der Waals surface area contributed by atoms with Gasteiger partial charge in [0.2, 0.25) is 5.95 Å². The summed E-state index contributed by atoms with van der Waals surface area (Å²) in [5.74, 6) is 0.371. The van der Waals surface area contributed by atoms with Gasteiger partial charge in [0, 0.05) is 30.5 Å². The molecule has 0 aliphatic carbocycles. The fourth-order valence-electron chi connectivity index (χ4n) is 1.85. The fraction of sp³-hybridized carbons (Fsp3) is 0.312. The number of carbonyl (C=O) groups excluding carboxylic acids is 1. The Hall–Kier alpha value is -2.14. The molecular weight excluding hydrogens is 300 g/mol. The smallest absolute Gasteiger partial charge is 0.254 e. The molecular formula is C16H19ClN4O. The summed E-state index contributed by atoms with van der Waals surface area (Å²) in [6, 6.07) is 7.73. The molecule has 0 atom stereocenters. The van der Waals surface area contributed by atoms with Gasteiger partial charge < -0.3 is 10.6 Å². The molecule has 1 heterocycles. The van der Waals surface area contributed by atoms with Crippen LogP contribution < -0.4 is 10.6 Å². The minimum Gasteiger partial charge on any atom is -0.354 e. The Bertz CT molecular complexity index is 599. The lowest BCUT2D eigenvalue weighted by atomic mass is 10.1. The van der Waals surface area contributed by atoms with Crippen LogP contribution in [0.1, 0.15) is 29.3 Å². The van der Waals surface area contributed by atoms with Gasteiger partial charge in [0.25, 0.3) is 5.91 Å². The van der Waals surface area contributed by atoms with E-state index in [2.05, 4.69) is 20.6 Å². The zero-order valence-electron chi connectivity index (χ0n) is 12.5. The molecule has 0 bridgehead atoms. The van der Waals surface area contributed by atoms with Crippen molar-refractivity contribution >= 4 is 23.5 Å². The summed E-state index contributed by atoms with van der Waals surface area (Å²) < 4.78 is 0. The van der Waals surface area contributed by atoms with Crippen LogP contribution in [0.25, 0.3) is 0 Å². The highest BCUT2D eigenvalue weighted by Gasteiger charge is 2.05. The van der Waals surface area contributed by atoms with E-state index in [1.807, 2.05) is 31.2 Å². The van der Waals surface area contributed by atoms with Crippen molar-refractivity contribution in [2.45, 2.75) is 19.8 Å². The minimum absolute atomic E-state index is 0.144. The summed E-state index contributed by atoms with van der Waals surface area (Å²) in [5.41, 5.74) is 1.66. The van der Waals surface area contributed by atoms with Gasteiger partial charge in [-0.25, -0.2) is 9.97 Å². The molecule has 2 N–H and O–H groups in total. The number of nitrogens with zero attached hydrogens (tertiary/aromatic N) is 2. The van der Waals surface area contributed by atoms with Crippen LogP contribution in [-0.4, -0.2) is 29.0 Å². The topological polar surface area (TPSA) is 66.9 Å². The SMILES string of the molecule is CCCNC(=O)c1cnc(NCCc2ccc(Cl)cc2)nc1. The Morgan fingerprint density at radius 3 is 2.45 bits per heavy atom. The van der Waals surface area contributed by atoms with Crippen LogP contribution in [0.5, 0.6) is 0 Å². The average molecular weight is 319 g/mol. The summed E-state index contributed by atoms with van der Waals surface area (Å²) in [5, 5.41) is 6.65. The van der Waals surface area contributed by atoms with Gasteiger partial charge in [0.15, 0.2) is 0 Å². The van der Waals surface area contributed by atoms with E-state index >= 15 is 0 Å². The fourth-order valence-corrected chi connectivity index (χ4v) is 1.97. The second-order valence-corrected chi connectivity index (χ2v) is 5.29. The number of amides is 1. The van der Waals surface area contributed by atoms with Crippen LogP contribution in [0.2, 0.25) is 5.02 Å². The van der Waals surface area contributed by atoms with Gasteiger partial charge in [0.05, 0.1) is 5.56 Å². The van der Waals surface area contributed by atoms with Crippen LogP contribution in [0.15, 0.2) is 36.7 Å². The number of anilines is 1. The van der Waals surface area contributed by atoms with Gasteiger partial charge >= 0.3 is 0 Å². The van der Waals surface area contributed by atoms with Crippen molar-refractivity contribution in [2.75, 3.05) is 18.4 Å². The van der Waals surface area contributed by atoms with Crippen LogP contribution in [0.3, 0.4) is 0 Å². The first kappa shape index (κ1) is 16.2. The zero-order valence-corrected chi connectivity index (χ0v) is 13.2. The summed E-state index contributed by atoms with van der Waals surface area (Å²) in [6.07, 6.45) is 4.81. The highest BCUT2D eigenvalue weighted by Crippen LogP contribution is 2.10. The molecule has 0 aliphatic heterocycles. The maximum Gasteiger partial charge on any atom is 0.254 e. The Kier molecular flexibility index (Phi) is 6.15.